The quantitative estimate of drug-likeness (QED) is 0.579. The lowest BCUT2D eigenvalue weighted by atomic mass is 10.2. The SMILES string of the molecule is Cc1cc([N+](=O)[O-])cnc1NCC(O)CN1CCOCC1. The average Bonchev–Trinajstić information content (AvgIpc) is 2.47. The van der Waals surface area contributed by atoms with Crippen LogP contribution in [0, 0.1) is 17.0 Å². The number of aromatic nitrogens is 1. The van der Waals surface area contributed by atoms with Crippen LogP contribution in [0.5, 0.6) is 0 Å². The van der Waals surface area contributed by atoms with Gasteiger partial charge in [0, 0.05) is 32.2 Å². The van der Waals surface area contributed by atoms with Crippen LogP contribution in [0.1, 0.15) is 5.56 Å². The first-order chi connectivity index (χ1) is 10.1. The van der Waals surface area contributed by atoms with Crippen LogP contribution in [-0.4, -0.2) is 65.4 Å². The summed E-state index contributed by atoms with van der Waals surface area (Å²) in [7, 11) is 0. The van der Waals surface area contributed by atoms with E-state index in [9.17, 15) is 15.2 Å². The summed E-state index contributed by atoms with van der Waals surface area (Å²) in [5.41, 5.74) is 0.648. The zero-order chi connectivity index (χ0) is 15.2. The minimum Gasteiger partial charge on any atom is -0.390 e. The first-order valence-corrected chi connectivity index (χ1v) is 6.89. The number of anilines is 1. The van der Waals surface area contributed by atoms with Gasteiger partial charge in [-0.15, -0.1) is 0 Å². The number of hydrogen-bond donors (Lipinski definition) is 2. The summed E-state index contributed by atoms with van der Waals surface area (Å²) in [4.78, 5) is 16.3. The van der Waals surface area contributed by atoms with Gasteiger partial charge in [-0.3, -0.25) is 15.0 Å². The number of pyridine rings is 1. The Balaban J connectivity index is 1.83. The maximum Gasteiger partial charge on any atom is 0.287 e. The van der Waals surface area contributed by atoms with Crippen LogP contribution in [0.15, 0.2) is 12.3 Å². The molecule has 1 aliphatic rings. The van der Waals surface area contributed by atoms with Gasteiger partial charge in [-0.05, 0) is 12.5 Å². The molecular formula is C13H20N4O4. The topological polar surface area (TPSA) is 101 Å². The molecule has 1 unspecified atom stereocenters. The van der Waals surface area contributed by atoms with Crippen molar-refractivity contribution in [3.8, 4) is 0 Å². The van der Waals surface area contributed by atoms with Gasteiger partial charge in [-0.25, -0.2) is 4.98 Å². The molecule has 2 rings (SSSR count). The van der Waals surface area contributed by atoms with Crippen LogP contribution in [-0.2, 0) is 4.74 Å². The van der Waals surface area contributed by atoms with E-state index < -0.39 is 11.0 Å². The Morgan fingerprint density at radius 1 is 1.57 bits per heavy atom. The van der Waals surface area contributed by atoms with Crippen molar-refractivity contribution in [2.45, 2.75) is 13.0 Å². The summed E-state index contributed by atoms with van der Waals surface area (Å²) in [5.74, 6) is 0.557. The Labute approximate surface area is 122 Å². The van der Waals surface area contributed by atoms with Gasteiger partial charge in [0.25, 0.3) is 5.69 Å². The van der Waals surface area contributed by atoms with Crippen LogP contribution in [0.2, 0.25) is 0 Å². The summed E-state index contributed by atoms with van der Waals surface area (Å²) in [6.45, 7) is 5.71. The van der Waals surface area contributed by atoms with Gasteiger partial charge in [0.1, 0.15) is 12.0 Å². The second kappa shape index (κ2) is 7.30. The molecule has 1 aromatic rings. The van der Waals surface area contributed by atoms with Crippen molar-refractivity contribution in [3.05, 3.63) is 27.9 Å². The number of hydrogen-bond acceptors (Lipinski definition) is 7. The van der Waals surface area contributed by atoms with Crippen molar-refractivity contribution in [1.82, 2.24) is 9.88 Å². The zero-order valence-electron chi connectivity index (χ0n) is 12.0. The predicted molar refractivity (Wildman–Crippen MR) is 77.4 cm³/mol. The van der Waals surface area contributed by atoms with E-state index >= 15 is 0 Å². The molecule has 0 saturated carbocycles. The van der Waals surface area contributed by atoms with Crippen molar-refractivity contribution in [2.75, 3.05) is 44.7 Å². The molecule has 8 nitrogen and oxygen atoms in total. The first kappa shape index (κ1) is 15.6. The van der Waals surface area contributed by atoms with Crippen LogP contribution in [0.3, 0.4) is 0 Å². The fourth-order valence-corrected chi connectivity index (χ4v) is 2.21. The summed E-state index contributed by atoms with van der Waals surface area (Å²) in [6.07, 6.45) is 0.684. The van der Waals surface area contributed by atoms with Gasteiger partial charge < -0.3 is 15.2 Å². The van der Waals surface area contributed by atoms with Crippen molar-refractivity contribution >= 4 is 11.5 Å². The lowest BCUT2D eigenvalue weighted by Gasteiger charge is -2.28. The van der Waals surface area contributed by atoms with E-state index in [0.717, 1.165) is 13.1 Å². The van der Waals surface area contributed by atoms with Crippen molar-refractivity contribution in [1.29, 1.82) is 0 Å². The molecule has 0 radical (unpaired) electrons. The number of ether oxygens (including phenoxy) is 1. The van der Waals surface area contributed by atoms with Crippen molar-refractivity contribution < 1.29 is 14.8 Å². The summed E-state index contributed by atoms with van der Waals surface area (Å²) >= 11 is 0. The van der Waals surface area contributed by atoms with Crippen LogP contribution in [0.25, 0.3) is 0 Å². The Morgan fingerprint density at radius 2 is 2.29 bits per heavy atom. The number of aryl methyl sites for hydroxylation is 1. The summed E-state index contributed by atoms with van der Waals surface area (Å²) < 4.78 is 5.25. The standard InChI is InChI=1S/C13H20N4O4/c1-10-6-11(17(19)20)7-14-13(10)15-8-12(18)9-16-2-4-21-5-3-16/h6-7,12,18H,2-5,8-9H2,1H3,(H,14,15). The average molecular weight is 296 g/mol. The predicted octanol–water partition coefficient (Wildman–Crippen LogP) is 0.403. The molecule has 21 heavy (non-hydrogen) atoms. The summed E-state index contributed by atoms with van der Waals surface area (Å²) in [6, 6.07) is 1.46. The minimum absolute atomic E-state index is 0.0353. The highest BCUT2D eigenvalue weighted by molar-refractivity contribution is 5.48. The van der Waals surface area contributed by atoms with Crippen LogP contribution < -0.4 is 5.32 Å². The number of aliphatic hydroxyl groups is 1. The number of aliphatic hydroxyl groups excluding tert-OH is 1. The fraction of sp³-hybridized carbons (Fsp3) is 0.615. The molecule has 1 saturated heterocycles. The number of nitro groups is 1. The zero-order valence-corrected chi connectivity index (χ0v) is 12.0. The van der Waals surface area contributed by atoms with Crippen molar-refractivity contribution in [3.63, 3.8) is 0 Å². The van der Waals surface area contributed by atoms with E-state index in [1.807, 2.05) is 0 Å². The molecule has 116 valence electrons. The van der Waals surface area contributed by atoms with Gasteiger partial charge in [0.15, 0.2) is 0 Å². The van der Waals surface area contributed by atoms with Gasteiger partial charge in [-0.2, -0.15) is 0 Å². The molecule has 2 heterocycles. The number of rotatable bonds is 6. The monoisotopic (exact) mass is 296 g/mol. The van der Waals surface area contributed by atoms with E-state index in [1.54, 1.807) is 6.92 Å². The third kappa shape index (κ3) is 4.62. The molecule has 1 aliphatic heterocycles. The molecule has 0 bridgehead atoms. The molecule has 0 aliphatic carbocycles. The van der Waals surface area contributed by atoms with E-state index in [4.69, 9.17) is 4.74 Å². The summed E-state index contributed by atoms with van der Waals surface area (Å²) in [5, 5.41) is 23.7. The fourth-order valence-electron chi connectivity index (χ4n) is 2.21. The molecule has 1 atom stereocenters. The Kier molecular flexibility index (Phi) is 5.43. The molecule has 8 heteroatoms. The molecule has 0 spiro atoms. The first-order valence-electron chi connectivity index (χ1n) is 6.89. The second-order valence-corrected chi connectivity index (χ2v) is 5.06. The molecular weight excluding hydrogens is 276 g/mol. The van der Waals surface area contributed by atoms with E-state index in [0.29, 0.717) is 37.7 Å². The Hall–Kier alpha value is -1.77. The van der Waals surface area contributed by atoms with E-state index in [2.05, 4.69) is 15.2 Å². The Bertz CT molecular complexity index is 491. The lowest BCUT2D eigenvalue weighted by Crippen LogP contribution is -2.42. The van der Waals surface area contributed by atoms with E-state index in [1.165, 1.54) is 12.3 Å². The Morgan fingerprint density at radius 3 is 2.90 bits per heavy atom. The second-order valence-electron chi connectivity index (χ2n) is 5.06. The molecule has 0 aromatic carbocycles. The number of β-amino-alcohol motifs (C(OH)–C–C–N with tert-alkyl or cyclic N) is 1. The number of nitrogens with one attached hydrogen (secondary N) is 1. The third-order valence-corrected chi connectivity index (χ3v) is 3.35. The van der Waals surface area contributed by atoms with Gasteiger partial charge >= 0.3 is 0 Å². The minimum atomic E-state index is -0.528. The number of nitrogens with zero attached hydrogens (tertiary/aromatic N) is 3. The normalized spacial score (nSPS) is 17.4. The maximum absolute atomic E-state index is 10.6. The van der Waals surface area contributed by atoms with E-state index in [-0.39, 0.29) is 5.69 Å². The van der Waals surface area contributed by atoms with Gasteiger partial charge in [0.05, 0.1) is 24.2 Å². The maximum atomic E-state index is 10.6. The van der Waals surface area contributed by atoms with Crippen LogP contribution in [0.4, 0.5) is 11.5 Å². The van der Waals surface area contributed by atoms with Gasteiger partial charge in [-0.1, -0.05) is 0 Å². The number of morpholine rings is 1. The highest BCUT2D eigenvalue weighted by atomic mass is 16.6. The molecule has 1 aromatic heterocycles. The highest BCUT2D eigenvalue weighted by Gasteiger charge is 2.15. The highest BCUT2D eigenvalue weighted by Crippen LogP contribution is 2.17. The van der Waals surface area contributed by atoms with Crippen molar-refractivity contribution in [2.24, 2.45) is 0 Å². The molecule has 2 N–H and O–H groups in total. The lowest BCUT2D eigenvalue weighted by molar-refractivity contribution is -0.385. The van der Waals surface area contributed by atoms with Crippen LogP contribution >= 0.6 is 0 Å². The largest absolute Gasteiger partial charge is 0.390 e. The molecule has 1 fully saturated rings. The third-order valence-electron chi connectivity index (χ3n) is 3.35. The smallest absolute Gasteiger partial charge is 0.287 e. The van der Waals surface area contributed by atoms with Gasteiger partial charge in [0.2, 0.25) is 0 Å². The molecule has 0 amide bonds.